The van der Waals surface area contributed by atoms with Gasteiger partial charge in [-0.1, -0.05) is 28.1 Å². The minimum Gasteiger partial charge on any atom is -0.416 e. The molecule has 0 amide bonds. The van der Waals surface area contributed by atoms with Crippen molar-refractivity contribution in [3.63, 3.8) is 0 Å². The van der Waals surface area contributed by atoms with E-state index in [-0.39, 0.29) is 0 Å². The maximum Gasteiger partial charge on any atom is 0.250 e. The number of nitrogens with zero attached hydrogens (tertiary/aromatic N) is 2. The van der Waals surface area contributed by atoms with Crippen LogP contribution in [0.5, 0.6) is 0 Å². The molecule has 0 saturated heterocycles. The molecule has 0 fully saturated rings. The lowest BCUT2D eigenvalue weighted by Crippen LogP contribution is -1.88. The Labute approximate surface area is 118 Å². The summed E-state index contributed by atoms with van der Waals surface area (Å²) in [7, 11) is 0. The number of halogens is 1. The summed E-state index contributed by atoms with van der Waals surface area (Å²) in [6, 6.07) is 15.1. The van der Waals surface area contributed by atoms with Crippen LogP contribution < -0.4 is 5.73 Å². The van der Waals surface area contributed by atoms with Gasteiger partial charge in [-0.05, 0) is 36.4 Å². The zero-order valence-corrected chi connectivity index (χ0v) is 11.5. The molecular weight excluding hydrogens is 306 g/mol. The van der Waals surface area contributed by atoms with Crippen molar-refractivity contribution < 1.29 is 4.42 Å². The van der Waals surface area contributed by atoms with Crippen molar-refractivity contribution in [3.05, 3.63) is 53.0 Å². The Morgan fingerprint density at radius 1 is 0.895 bits per heavy atom. The first-order chi connectivity index (χ1) is 9.24. The van der Waals surface area contributed by atoms with Crippen molar-refractivity contribution in [2.24, 2.45) is 0 Å². The molecule has 0 radical (unpaired) electrons. The van der Waals surface area contributed by atoms with E-state index >= 15 is 0 Å². The minimum atomic E-state index is 0.427. The number of hydrogen-bond acceptors (Lipinski definition) is 4. The lowest BCUT2D eigenvalue weighted by molar-refractivity contribution is 0.585. The van der Waals surface area contributed by atoms with Gasteiger partial charge >= 0.3 is 0 Å². The quantitative estimate of drug-likeness (QED) is 0.731. The van der Waals surface area contributed by atoms with Crippen LogP contribution in [0.2, 0.25) is 0 Å². The monoisotopic (exact) mass is 315 g/mol. The van der Waals surface area contributed by atoms with Gasteiger partial charge in [0, 0.05) is 15.7 Å². The SMILES string of the molecule is Nc1ccccc1-c1nnc(-c2ccc(Br)cc2)o1. The first kappa shape index (κ1) is 11.9. The highest BCUT2D eigenvalue weighted by Gasteiger charge is 2.12. The van der Waals surface area contributed by atoms with Gasteiger partial charge in [0.1, 0.15) is 0 Å². The summed E-state index contributed by atoms with van der Waals surface area (Å²) in [5.41, 5.74) is 8.13. The number of nitrogens with two attached hydrogens (primary N) is 1. The Bertz CT molecular complexity index is 707. The van der Waals surface area contributed by atoms with Gasteiger partial charge in [-0.2, -0.15) is 0 Å². The lowest BCUT2D eigenvalue weighted by Gasteiger charge is -1.99. The third kappa shape index (κ3) is 2.37. The fraction of sp³-hybridized carbons (Fsp3) is 0. The second kappa shape index (κ2) is 4.85. The molecule has 5 heteroatoms. The van der Waals surface area contributed by atoms with E-state index in [4.69, 9.17) is 10.2 Å². The van der Waals surface area contributed by atoms with Gasteiger partial charge in [0.05, 0.1) is 5.56 Å². The van der Waals surface area contributed by atoms with Crippen molar-refractivity contribution in [2.45, 2.75) is 0 Å². The Hall–Kier alpha value is -2.14. The largest absolute Gasteiger partial charge is 0.416 e. The van der Waals surface area contributed by atoms with Crippen LogP contribution in [0.1, 0.15) is 0 Å². The molecule has 0 spiro atoms. The summed E-state index contributed by atoms with van der Waals surface area (Å²) >= 11 is 3.39. The zero-order valence-electron chi connectivity index (χ0n) is 9.88. The van der Waals surface area contributed by atoms with E-state index < -0.39 is 0 Å². The van der Waals surface area contributed by atoms with E-state index in [2.05, 4.69) is 26.1 Å². The summed E-state index contributed by atoms with van der Waals surface area (Å²) in [5, 5.41) is 8.08. The van der Waals surface area contributed by atoms with E-state index in [1.54, 1.807) is 6.07 Å². The maximum absolute atomic E-state index is 5.89. The predicted molar refractivity (Wildman–Crippen MR) is 77.3 cm³/mol. The van der Waals surface area contributed by atoms with E-state index in [1.807, 2.05) is 42.5 Å². The van der Waals surface area contributed by atoms with Gasteiger partial charge in [0.25, 0.3) is 0 Å². The van der Waals surface area contributed by atoms with Crippen LogP contribution in [0.15, 0.2) is 57.4 Å². The summed E-state index contributed by atoms with van der Waals surface area (Å²) in [6.45, 7) is 0. The molecule has 0 aliphatic carbocycles. The molecule has 2 aromatic carbocycles. The normalized spacial score (nSPS) is 10.6. The number of anilines is 1. The number of hydrogen-bond donors (Lipinski definition) is 1. The maximum atomic E-state index is 5.89. The molecule has 0 atom stereocenters. The average Bonchev–Trinajstić information content (AvgIpc) is 2.89. The summed E-state index contributed by atoms with van der Waals surface area (Å²) in [4.78, 5) is 0. The van der Waals surface area contributed by atoms with E-state index in [0.717, 1.165) is 15.6 Å². The average molecular weight is 316 g/mol. The summed E-state index contributed by atoms with van der Waals surface area (Å²) in [6.07, 6.45) is 0. The number of aromatic nitrogens is 2. The highest BCUT2D eigenvalue weighted by atomic mass is 79.9. The fourth-order valence-electron chi connectivity index (χ4n) is 1.73. The van der Waals surface area contributed by atoms with E-state index in [1.165, 1.54) is 0 Å². The van der Waals surface area contributed by atoms with Crippen molar-refractivity contribution in [1.29, 1.82) is 0 Å². The van der Waals surface area contributed by atoms with Gasteiger partial charge in [-0.15, -0.1) is 10.2 Å². The molecule has 3 rings (SSSR count). The number of nitrogen functional groups attached to an aromatic ring is 1. The second-order valence-electron chi connectivity index (χ2n) is 4.01. The topological polar surface area (TPSA) is 64.9 Å². The fourth-order valence-corrected chi connectivity index (χ4v) is 2.00. The molecule has 94 valence electrons. The molecule has 0 aliphatic heterocycles. The number of rotatable bonds is 2. The third-order valence-electron chi connectivity index (χ3n) is 2.71. The summed E-state index contributed by atoms with van der Waals surface area (Å²) in [5.74, 6) is 0.904. The molecule has 0 bridgehead atoms. The molecule has 0 saturated carbocycles. The first-order valence-electron chi connectivity index (χ1n) is 5.68. The Balaban J connectivity index is 2.00. The number of para-hydroxylation sites is 1. The molecule has 4 nitrogen and oxygen atoms in total. The van der Waals surface area contributed by atoms with Crippen molar-refractivity contribution in [3.8, 4) is 22.9 Å². The van der Waals surface area contributed by atoms with Crippen molar-refractivity contribution in [1.82, 2.24) is 10.2 Å². The number of benzene rings is 2. The van der Waals surface area contributed by atoms with Crippen LogP contribution in [0.3, 0.4) is 0 Å². The Kier molecular flexibility index (Phi) is 3.05. The van der Waals surface area contributed by atoms with Gasteiger partial charge in [0.2, 0.25) is 11.8 Å². The Morgan fingerprint density at radius 2 is 1.58 bits per heavy atom. The molecule has 1 heterocycles. The van der Waals surface area contributed by atoms with Crippen LogP contribution in [-0.4, -0.2) is 10.2 Å². The van der Waals surface area contributed by atoms with E-state index in [9.17, 15) is 0 Å². The summed E-state index contributed by atoms with van der Waals surface area (Å²) < 4.78 is 6.66. The van der Waals surface area contributed by atoms with Crippen LogP contribution in [0, 0.1) is 0 Å². The third-order valence-corrected chi connectivity index (χ3v) is 3.24. The first-order valence-corrected chi connectivity index (χ1v) is 6.47. The van der Waals surface area contributed by atoms with Crippen LogP contribution in [0.4, 0.5) is 5.69 Å². The van der Waals surface area contributed by atoms with Crippen LogP contribution in [0.25, 0.3) is 22.9 Å². The van der Waals surface area contributed by atoms with Gasteiger partial charge < -0.3 is 10.2 Å². The molecule has 2 N–H and O–H groups in total. The van der Waals surface area contributed by atoms with E-state index in [0.29, 0.717) is 17.5 Å². The van der Waals surface area contributed by atoms with Crippen molar-refractivity contribution >= 4 is 21.6 Å². The molecule has 19 heavy (non-hydrogen) atoms. The highest BCUT2D eigenvalue weighted by molar-refractivity contribution is 9.10. The smallest absolute Gasteiger partial charge is 0.250 e. The van der Waals surface area contributed by atoms with Crippen molar-refractivity contribution in [2.75, 3.05) is 5.73 Å². The highest BCUT2D eigenvalue weighted by Crippen LogP contribution is 2.27. The molecule has 3 aromatic rings. The van der Waals surface area contributed by atoms with Crippen LogP contribution >= 0.6 is 15.9 Å². The molecule has 0 unspecified atom stereocenters. The second-order valence-corrected chi connectivity index (χ2v) is 4.92. The molecule has 0 aliphatic rings. The molecular formula is C14H10BrN3O. The lowest BCUT2D eigenvalue weighted by atomic mass is 10.2. The predicted octanol–water partition coefficient (Wildman–Crippen LogP) is 3.75. The standard InChI is InChI=1S/C14H10BrN3O/c15-10-7-5-9(6-8-10)13-17-18-14(19-13)11-3-1-2-4-12(11)16/h1-8H,16H2. The van der Waals surface area contributed by atoms with Crippen LogP contribution in [-0.2, 0) is 0 Å². The van der Waals surface area contributed by atoms with Gasteiger partial charge in [0.15, 0.2) is 0 Å². The zero-order chi connectivity index (χ0) is 13.2. The van der Waals surface area contributed by atoms with Gasteiger partial charge in [-0.3, -0.25) is 0 Å². The Morgan fingerprint density at radius 3 is 2.32 bits per heavy atom. The molecule has 1 aromatic heterocycles. The minimum absolute atomic E-state index is 0.427. The van der Waals surface area contributed by atoms with Gasteiger partial charge in [-0.25, -0.2) is 0 Å².